The number of hydrogen-bond donors (Lipinski definition) is 0. The highest BCUT2D eigenvalue weighted by Gasteiger charge is 2.33. The Labute approximate surface area is 163 Å². The molecule has 1 aliphatic rings. The van der Waals surface area contributed by atoms with Gasteiger partial charge in [-0.2, -0.15) is 4.31 Å². The lowest BCUT2D eigenvalue weighted by Crippen LogP contribution is -2.29. The summed E-state index contributed by atoms with van der Waals surface area (Å²) < 4.78 is 42.4. The third-order valence-corrected chi connectivity index (χ3v) is 6.91. The average molecular weight is 400 g/mol. The number of nitrogens with zero attached hydrogens (tertiary/aromatic N) is 4. The molecule has 0 aliphatic carbocycles. The first-order chi connectivity index (χ1) is 13.5. The van der Waals surface area contributed by atoms with Gasteiger partial charge < -0.3 is 4.57 Å². The lowest BCUT2D eigenvalue weighted by molar-refractivity contribution is 0.450. The summed E-state index contributed by atoms with van der Waals surface area (Å²) in [7, 11) is -3.68. The molecule has 8 heteroatoms. The summed E-state index contributed by atoms with van der Waals surface area (Å²) in [5.74, 6) is 0.451. The SMILES string of the molecule is O=S(=O)(c1cccc(F)c1)N1CCC(Cc2nncn2Cc2ccccc2)C1. The molecule has 1 aromatic heterocycles. The van der Waals surface area contributed by atoms with Gasteiger partial charge in [-0.1, -0.05) is 36.4 Å². The van der Waals surface area contributed by atoms with E-state index in [0.717, 1.165) is 23.9 Å². The normalized spacial score (nSPS) is 17.8. The van der Waals surface area contributed by atoms with Gasteiger partial charge in [0.15, 0.2) is 0 Å². The third kappa shape index (κ3) is 3.98. The van der Waals surface area contributed by atoms with Gasteiger partial charge in [-0.05, 0) is 36.1 Å². The van der Waals surface area contributed by atoms with Crippen LogP contribution in [0.1, 0.15) is 17.8 Å². The molecule has 1 unspecified atom stereocenters. The van der Waals surface area contributed by atoms with Crippen molar-refractivity contribution in [3.05, 3.63) is 78.1 Å². The predicted molar refractivity (Wildman–Crippen MR) is 103 cm³/mol. The van der Waals surface area contributed by atoms with Gasteiger partial charge in [-0.15, -0.1) is 10.2 Å². The minimum absolute atomic E-state index is 0.000365. The second kappa shape index (κ2) is 7.81. The van der Waals surface area contributed by atoms with Crippen LogP contribution in [0.15, 0.2) is 65.8 Å². The number of sulfonamides is 1. The summed E-state index contributed by atoms with van der Waals surface area (Å²) >= 11 is 0. The first kappa shape index (κ1) is 18.8. The van der Waals surface area contributed by atoms with Crippen molar-refractivity contribution in [3.63, 3.8) is 0 Å². The Morgan fingerprint density at radius 3 is 2.71 bits per heavy atom. The number of rotatable bonds is 6. The fourth-order valence-electron chi connectivity index (χ4n) is 3.57. The minimum atomic E-state index is -3.68. The zero-order valence-electron chi connectivity index (χ0n) is 15.3. The Kier molecular flexibility index (Phi) is 5.23. The highest BCUT2D eigenvalue weighted by Crippen LogP contribution is 2.26. The van der Waals surface area contributed by atoms with E-state index in [1.807, 2.05) is 34.9 Å². The summed E-state index contributed by atoms with van der Waals surface area (Å²) in [6.45, 7) is 1.51. The van der Waals surface area contributed by atoms with Crippen molar-refractivity contribution in [2.24, 2.45) is 5.92 Å². The zero-order chi connectivity index (χ0) is 19.6. The lowest BCUT2D eigenvalue weighted by atomic mass is 10.0. The summed E-state index contributed by atoms with van der Waals surface area (Å²) in [5, 5.41) is 8.25. The molecule has 28 heavy (non-hydrogen) atoms. The van der Waals surface area contributed by atoms with Crippen molar-refractivity contribution in [2.75, 3.05) is 13.1 Å². The van der Waals surface area contributed by atoms with Crippen LogP contribution < -0.4 is 0 Å². The smallest absolute Gasteiger partial charge is 0.243 e. The molecule has 0 spiro atoms. The van der Waals surface area contributed by atoms with Crippen molar-refractivity contribution < 1.29 is 12.8 Å². The van der Waals surface area contributed by atoms with Gasteiger partial charge in [0, 0.05) is 19.5 Å². The largest absolute Gasteiger partial charge is 0.313 e. The maximum absolute atomic E-state index is 13.4. The summed E-state index contributed by atoms with van der Waals surface area (Å²) in [6.07, 6.45) is 3.10. The van der Waals surface area contributed by atoms with E-state index in [1.165, 1.54) is 22.5 Å². The van der Waals surface area contributed by atoms with Crippen LogP contribution in [-0.2, 0) is 23.0 Å². The van der Waals surface area contributed by atoms with Crippen molar-refractivity contribution in [1.29, 1.82) is 0 Å². The van der Waals surface area contributed by atoms with E-state index in [4.69, 9.17) is 0 Å². The van der Waals surface area contributed by atoms with Gasteiger partial charge in [0.25, 0.3) is 0 Å². The molecule has 0 bridgehead atoms. The molecule has 4 rings (SSSR count). The van der Waals surface area contributed by atoms with Crippen LogP contribution in [0, 0.1) is 11.7 Å². The van der Waals surface area contributed by atoms with E-state index in [9.17, 15) is 12.8 Å². The topological polar surface area (TPSA) is 68.1 Å². The van der Waals surface area contributed by atoms with Crippen molar-refractivity contribution in [1.82, 2.24) is 19.1 Å². The maximum atomic E-state index is 13.4. The molecule has 0 radical (unpaired) electrons. The number of halogens is 1. The molecule has 6 nitrogen and oxygen atoms in total. The van der Waals surface area contributed by atoms with Crippen LogP contribution in [0.25, 0.3) is 0 Å². The van der Waals surface area contributed by atoms with E-state index >= 15 is 0 Å². The number of benzene rings is 2. The molecule has 0 amide bonds. The van der Waals surface area contributed by atoms with E-state index in [-0.39, 0.29) is 10.8 Å². The summed E-state index contributed by atoms with van der Waals surface area (Å²) in [6, 6.07) is 15.2. The predicted octanol–water partition coefficient (Wildman–Crippen LogP) is 2.72. The molecule has 1 atom stereocenters. The summed E-state index contributed by atoms with van der Waals surface area (Å²) in [4.78, 5) is 0.000365. The first-order valence-corrected chi connectivity index (χ1v) is 10.6. The summed E-state index contributed by atoms with van der Waals surface area (Å²) in [5.41, 5.74) is 1.16. The highest BCUT2D eigenvalue weighted by atomic mass is 32.2. The third-order valence-electron chi connectivity index (χ3n) is 5.05. The van der Waals surface area contributed by atoms with Gasteiger partial charge in [0.2, 0.25) is 10.0 Å². The Hall–Kier alpha value is -2.58. The van der Waals surface area contributed by atoms with E-state index in [0.29, 0.717) is 26.1 Å². The molecule has 2 aromatic carbocycles. The molecule has 0 N–H and O–H groups in total. The van der Waals surface area contributed by atoms with Crippen LogP contribution in [0.3, 0.4) is 0 Å². The van der Waals surface area contributed by atoms with E-state index in [1.54, 1.807) is 6.33 Å². The standard InChI is InChI=1S/C20H21FN4O2S/c21-18-7-4-8-19(12-18)28(26,27)25-10-9-17(14-25)11-20-23-22-15-24(20)13-16-5-2-1-3-6-16/h1-8,12,15,17H,9-11,13-14H2. The Morgan fingerprint density at radius 1 is 1.11 bits per heavy atom. The second-order valence-corrected chi connectivity index (χ2v) is 8.98. The van der Waals surface area contributed by atoms with E-state index < -0.39 is 15.8 Å². The van der Waals surface area contributed by atoms with Crippen LogP contribution in [0.2, 0.25) is 0 Å². The van der Waals surface area contributed by atoms with Crippen molar-refractivity contribution in [2.45, 2.75) is 24.3 Å². The Morgan fingerprint density at radius 2 is 1.93 bits per heavy atom. The van der Waals surface area contributed by atoms with Gasteiger partial charge in [0.05, 0.1) is 11.4 Å². The molecule has 1 aliphatic heterocycles. The quantitative estimate of drug-likeness (QED) is 0.638. The molecular formula is C20H21FN4O2S. The average Bonchev–Trinajstić information content (AvgIpc) is 3.33. The lowest BCUT2D eigenvalue weighted by Gasteiger charge is -2.17. The second-order valence-electron chi connectivity index (χ2n) is 7.04. The molecule has 2 heterocycles. The molecule has 146 valence electrons. The molecule has 0 saturated carbocycles. The van der Waals surface area contributed by atoms with Gasteiger partial charge in [-0.3, -0.25) is 0 Å². The van der Waals surface area contributed by atoms with Crippen molar-refractivity contribution in [3.8, 4) is 0 Å². The fraction of sp³-hybridized carbons (Fsp3) is 0.300. The van der Waals surface area contributed by atoms with Gasteiger partial charge >= 0.3 is 0 Å². The Balaban J connectivity index is 1.44. The van der Waals surface area contributed by atoms with Crippen molar-refractivity contribution >= 4 is 10.0 Å². The molecular weight excluding hydrogens is 379 g/mol. The van der Waals surface area contributed by atoms with Crippen LogP contribution >= 0.6 is 0 Å². The minimum Gasteiger partial charge on any atom is -0.313 e. The zero-order valence-corrected chi connectivity index (χ0v) is 16.1. The highest BCUT2D eigenvalue weighted by molar-refractivity contribution is 7.89. The molecule has 1 saturated heterocycles. The monoisotopic (exact) mass is 400 g/mol. The molecule has 1 fully saturated rings. The fourth-order valence-corrected chi connectivity index (χ4v) is 5.13. The van der Waals surface area contributed by atoms with Crippen LogP contribution in [0.4, 0.5) is 4.39 Å². The Bertz CT molecular complexity index is 1050. The van der Waals surface area contributed by atoms with Gasteiger partial charge in [-0.25, -0.2) is 12.8 Å². The first-order valence-electron chi connectivity index (χ1n) is 9.19. The maximum Gasteiger partial charge on any atom is 0.243 e. The van der Waals surface area contributed by atoms with E-state index in [2.05, 4.69) is 10.2 Å². The number of hydrogen-bond acceptors (Lipinski definition) is 4. The van der Waals surface area contributed by atoms with Crippen LogP contribution in [0.5, 0.6) is 0 Å². The van der Waals surface area contributed by atoms with Crippen LogP contribution in [-0.4, -0.2) is 40.6 Å². The molecule has 3 aromatic rings. The van der Waals surface area contributed by atoms with Gasteiger partial charge in [0.1, 0.15) is 18.0 Å². The number of aromatic nitrogens is 3.